The maximum absolute atomic E-state index is 11.3. The van der Waals surface area contributed by atoms with Gasteiger partial charge in [0.05, 0.1) is 0 Å². The second kappa shape index (κ2) is 1.63. The SMILES string of the molecule is CC1(C)C[C@H]2CC(=O)[C@H]1C2. The number of hydrogen-bond acceptors (Lipinski definition) is 1. The summed E-state index contributed by atoms with van der Waals surface area (Å²) in [7, 11) is 0. The highest BCUT2D eigenvalue weighted by Crippen LogP contribution is 2.53. The van der Waals surface area contributed by atoms with Gasteiger partial charge in [0.15, 0.2) is 0 Å². The molecule has 0 aromatic rings. The van der Waals surface area contributed by atoms with Crippen molar-refractivity contribution in [1.29, 1.82) is 0 Å². The van der Waals surface area contributed by atoms with Crippen molar-refractivity contribution in [3.63, 3.8) is 0 Å². The first-order valence-electron chi connectivity index (χ1n) is 4.12. The van der Waals surface area contributed by atoms with E-state index in [0.29, 0.717) is 17.1 Å². The Kier molecular flexibility index (Phi) is 1.04. The topological polar surface area (TPSA) is 17.1 Å². The third-order valence-corrected chi connectivity index (χ3v) is 3.21. The molecule has 56 valence electrons. The zero-order valence-corrected chi connectivity index (χ0v) is 6.68. The van der Waals surface area contributed by atoms with Crippen LogP contribution in [0.4, 0.5) is 0 Å². The van der Waals surface area contributed by atoms with Crippen LogP contribution in [0.5, 0.6) is 0 Å². The average molecular weight is 138 g/mol. The molecule has 0 spiro atoms. The molecule has 1 heteroatoms. The van der Waals surface area contributed by atoms with Crippen molar-refractivity contribution >= 4 is 5.78 Å². The van der Waals surface area contributed by atoms with Gasteiger partial charge in [-0.2, -0.15) is 0 Å². The van der Waals surface area contributed by atoms with E-state index in [1.165, 1.54) is 12.8 Å². The molecule has 2 bridgehead atoms. The number of fused-ring (bicyclic) bond motifs is 2. The minimum Gasteiger partial charge on any atom is -0.299 e. The number of carbonyl (C=O) groups is 1. The lowest BCUT2D eigenvalue weighted by Gasteiger charge is -2.27. The first-order valence-corrected chi connectivity index (χ1v) is 4.12. The van der Waals surface area contributed by atoms with Gasteiger partial charge in [-0.3, -0.25) is 4.79 Å². The molecule has 2 rings (SSSR count). The summed E-state index contributed by atoms with van der Waals surface area (Å²) in [5.41, 5.74) is 0.333. The fourth-order valence-corrected chi connectivity index (χ4v) is 2.77. The lowest BCUT2D eigenvalue weighted by atomic mass is 9.76. The van der Waals surface area contributed by atoms with Gasteiger partial charge in [-0.05, 0) is 24.2 Å². The second-order valence-corrected chi connectivity index (χ2v) is 4.52. The maximum atomic E-state index is 11.3. The number of hydrogen-bond donors (Lipinski definition) is 0. The molecule has 0 amide bonds. The molecular formula is C9H14O. The molecule has 10 heavy (non-hydrogen) atoms. The first-order chi connectivity index (χ1) is 4.59. The van der Waals surface area contributed by atoms with Gasteiger partial charge in [0.2, 0.25) is 0 Å². The monoisotopic (exact) mass is 138 g/mol. The van der Waals surface area contributed by atoms with E-state index in [0.717, 1.165) is 12.3 Å². The van der Waals surface area contributed by atoms with Crippen LogP contribution in [-0.2, 0) is 4.79 Å². The predicted molar refractivity (Wildman–Crippen MR) is 39.6 cm³/mol. The third kappa shape index (κ3) is 0.664. The Balaban J connectivity index is 2.28. The van der Waals surface area contributed by atoms with Gasteiger partial charge in [-0.15, -0.1) is 0 Å². The summed E-state index contributed by atoms with van der Waals surface area (Å²) in [6.45, 7) is 4.46. The molecule has 0 N–H and O–H groups in total. The van der Waals surface area contributed by atoms with E-state index < -0.39 is 0 Å². The van der Waals surface area contributed by atoms with Gasteiger partial charge < -0.3 is 0 Å². The minimum atomic E-state index is 0.333. The Labute approximate surface area is 61.8 Å². The maximum Gasteiger partial charge on any atom is 0.136 e. The largest absolute Gasteiger partial charge is 0.299 e. The molecule has 0 saturated heterocycles. The average Bonchev–Trinajstić information content (AvgIpc) is 2.18. The van der Waals surface area contributed by atoms with Crippen molar-refractivity contribution in [1.82, 2.24) is 0 Å². The molecule has 0 aromatic heterocycles. The summed E-state index contributed by atoms with van der Waals surface area (Å²) < 4.78 is 0. The van der Waals surface area contributed by atoms with Crippen molar-refractivity contribution in [2.24, 2.45) is 17.3 Å². The number of Topliss-reactive ketones (excluding diaryl/α,β-unsaturated/α-hetero) is 1. The third-order valence-electron chi connectivity index (χ3n) is 3.21. The van der Waals surface area contributed by atoms with Crippen LogP contribution >= 0.6 is 0 Å². The first kappa shape index (κ1) is 6.38. The Bertz CT molecular complexity index is 181. The highest BCUT2D eigenvalue weighted by molar-refractivity contribution is 5.85. The van der Waals surface area contributed by atoms with Crippen LogP contribution in [0, 0.1) is 17.3 Å². The highest BCUT2D eigenvalue weighted by Gasteiger charge is 2.49. The fourth-order valence-electron chi connectivity index (χ4n) is 2.77. The van der Waals surface area contributed by atoms with Crippen LogP contribution in [0.3, 0.4) is 0 Å². The van der Waals surface area contributed by atoms with E-state index in [1.54, 1.807) is 0 Å². The molecule has 0 unspecified atom stereocenters. The predicted octanol–water partition coefficient (Wildman–Crippen LogP) is 2.01. The van der Waals surface area contributed by atoms with Gasteiger partial charge in [0.25, 0.3) is 0 Å². The van der Waals surface area contributed by atoms with Gasteiger partial charge in [-0.25, -0.2) is 0 Å². The molecule has 2 aliphatic rings. The minimum absolute atomic E-state index is 0.333. The lowest BCUT2D eigenvalue weighted by Crippen LogP contribution is -2.27. The van der Waals surface area contributed by atoms with Crippen LogP contribution < -0.4 is 0 Å². The smallest absolute Gasteiger partial charge is 0.136 e. The summed E-state index contributed by atoms with van der Waals surface area (Å²) in [4.78, 5) is 11.3. The second-order valence-electron chi connectivity index (χ2n) is 4.52. The van der Waals surface area contributed by atoms with E-state index in [2.05, 4.69) is 13.8 Å². The molecule has 0 heterocycles. The quantitative estimate of drug-likeness (QED) is 0.500. The van der Waals surface area contributed by atoms with Crippen LogP contribution in [-0.4, -0.2) is 5.78 Å². The number of rotatable bonds is 0. The van der Waals surface area contributed by atoms with E-state index in [-0.39, 0.29) is 0 Å². The fraction of sp³-hybridized carbons (Fsp3) is 0.889. The summed E-state index contributed by atoms with van der Waals surface area (Å²) in [6.07, 6.45) is 3.35. The summed E-state index contributed by atoms with van der Waals surface area (Å²) in [5, 5.41) is 0. The molecular weight excluding hydrogens is 124 g/mol. The van der Waals surface area contributed by atoms with Gasteiger partial charge in [-0.1, -0.05) is 13.8 Å². The Hall–Kier alpha value is -0.330. The molecule has 2 atom stereocenters. The van der Waals surface area contributed by atoms with Gasteiger partial charge >= 0.3 is 0 Å². The standard InChI is InChI=1S/C9H14O/c1-9(2)5-6-3-7(9)8(10)4-6/h6-7H,3-5H2,1-2H3/t6-,7-/m1/s1. The number of ketones is 1. The number of carbonyl (C=O) groups excluding carboxylic acids is 1. The molecule has 2 saturated carbocycles. The summed E-state index contributed by atoms with van der Waals surface area (Å²) >= 11 is 0. The van der Waals surface area contributed by atoms with Gasteiger partial charge in [0.1, 0.15) is 5.78 Å². The molecule has 0 aromatic carbocycles. The van der Waals surface area contributed by atoms with Crippen molar-refractivity contribution in [3.8, 4) is 0 Å². The molecule has 1 nitrogen and oxygen atoms in total. The zero-order chi connectivity index (χ0) is 7.35. The van der Waals surface area contributed by atoms with Crippen molar-refractivity contribution in [2.45, 2.75) is 33.1 Å². The molecule has 0 aliphatic heterocycles. The molecule has 2 aliphatic carbocycles. The van der Waals surface area contributed by atoms with Crippen LogP contribution in [0.2, 0.25) is 0 Å². The lowest BCUT2D eigenvalue weighted by molar-refractivity contribution is -0.125. The Morgan fingerprint density at radius 3 is 2.50 bits per heavy atom. The van der Waals surface area contributed by atoms with E-state index in [4.69, 9.17) is 0 Å². The van der Waals surface area contributed by atoms with Crippen LogP contribution in [0.15, 0.2) is 0 Å². The molecule has 0 radical (unpaired) electrons. The summed E-state index contributed by atoms with van der Waals surface area (Å²) in [5.74, 6) is 1.69. The van der Waals surface area contributed by atoms with Crippen molar-refractivity contribution in [3.05, 3.63) is 0 Å². The van der Waals surface area contributed by atoms with Crippen molar-refractivity contribution < 1.29 is 4.79 Å². The normalized spacial score (nSPS) is 42.8. The zero-order valence-electron chi connectivity index (χ0n) is 6.68. The Morgan fingerprint density at radius 1 is 1.50 bits per heavy atom. The van der Waals surface area contributed by atoms with E-state index >= 15 is 0 Å². The van der Waals surface area contributed by atoms with Crippen molar-refractivity contribution in [2.75, 3.05) is 0 Å². The van der Waals surface area contributed by atoms with Crippen LogP contribution in [0.25, 0.3) is 0 Å². The van der Waals surface area contributed by atoms with E-state index in [1.807, 2.05) is 0 Å². The highest BCUT2D eigenvalue weighted by atomic mass is 16.1. The van der Waals surface area contributed by atoms with Crippen LogP contribution in [0.1, 0.15) is 33.1 Å². The summed E-state index contributed by atoms with van der Waals surface area (Å²) in [6, 6.07) is 0. The van der Waals surface area contributed by atoms with Gasteiger partial charge in [0, 0.05) is 12.3 Å². The Morgan fingerprint density at radius 2 is 2.20 bits per heavy atom. The molecule has 2 fully saturated rings. The van der Waals surface area contributed by atoms with E-state index in [9.17, 15) is 4.79 Å².